The molecule has 0 saturated carbocycles. The second-order valence-corrected chi connectivity index (χ2v) is 6.58. The molecule has 0 unspecified atom stereocenters. The summed E-state index contributed by atoms with van der Waals surface area (Å²) in [5.41, 5.74) is 1.87. The monoisotopic (exact) mass is 354 g/mol. The number of methoxy groups -OCH3 is 2. The Morgan fingerprint density at radius 2 is 1.81 bits per heavy atom. The van der Waals surface area contributed by atoms with Crippen LogP contribution in [0.15, 0.2) is 48.5 Å². The molecule has 2 aromatic rings. The summed E-state index contributed by atoms with van der Waals surface area (Å²) < 4.78 is 10.5. The molecule has 1 aliphatic rings. The number of benzene rings is 2. The summed E-state index contributed by atoms with van der Waals surface area (Å²) in [5, 5.41) is 3.15. The molecule has 0 spiro atoms. The van der Waals surface area contributed by atoms with Gasteiger partial charge in [0.25, 0.3) is 5.91 Å². The number of carbonyl (C=O) groups excluding carboxylic acids is 1. The summed E-state index contributed by atoms with van der Waals surface area (Å²) in [7, 11) is 3.16. The molecule has 0 atom stereocenters. The maximum atomic E-state index is 12.6. The van der Waals surface area contributed by atoms with Crippen molar-refractivity contribution in [2.45, 2.75) is 25.4 Å². The molecule has 1 heterocycles. The number of hydrogen-bond donors (Lipinski definition) is 1. The van der Waals surface area contributed by atoms with E-state index >= 15 is 0 Å². The summed E-state index contributed by atoms with van der Waals surface area (Å²) in [6, 6.07) is 16.0. The fourth-order valence-electron chi connectivity index (χ4n) is 3.33. The maximum Gasteiger partial charge on any atom is 0.255 e. The van der Waals surface area contributed by atoms with E-state index in [2.05, 4.69) is 34.5 Å². The van der Waals surface area contributed by atoms with Gasteiger partial charge in [-0.25, -0.2) is 0 Å². The van der Waals surface area contributed by atoms with E-state index in [1.165, 1.54) is 5.56 Å². The molecule has 0 bridgehead atoms. The van der Waals surface area contributed by atoms with Gasteiger partial charge in [0, 0.05) is 31.7 Å². The molecule has 0 aromatic heterocycles. The Labute approximate surface area is 154 Å². The van der Waals surface area contributed by atoms with E-state index in [9.17, 15) is 4.79 Å². The molecule has 0 aliphatic carbocycles. The molecule has 1 fully saturated rings. The topological polar surface area (TPSA) is 50.8 Å². The molecule has 5 nitrogen and oxygen atoms in total. The highest BCUT2D eigenvalue weighted by atomic mass is 16.5. The predicted molar refractivity (Wildman–Crippen MR) is 102 cm³/mol. The lowest BCUT2D eigenvalue weighted by atomic mass is 10.0. The van der Waals surface area contributed by atoms with Crippen molar-refractivity contribution in [1.82, 2.24) is 10.2 Å². The Morgan fingerprint density at radius 3 is 2.46 bits per heavy atom. The largest absolute Gasteiger partial charge is 0.497 e. The van der Waals surface area contributed by atoms with Gasteiger partial charge in [-0.1, -0.05) is 30.3 Å². The van der Waals surface area contributed by atoms with E-state index in [1.54, 1.807) is 32.4 Å². The van der Waals surface area contributed by atoms with Crippen LogP contribution in [0.1, 0.15) is 28.8 Å². The minimum atomic E-state index is -0.0917. The van der Waals surface area contributed by atoms with Gasteiger partial charge in [-0.3, -0.25) is 9.69 Å². The number of likely N-dealkylation sites (tertiary alicyclic amines) is 1. The van der Waals surface area contributed by atoms with Gasteiger partial charge in [0.2, 0.25) is 0 Å². The quantitative estimate of drug-likeness (QED) is 0.866. The number of amides is 1. The molecule has 1 N–H and O–H groups in total. The van der Waals surface area contributed by atoms with Crippen LogP contribution in [0.4, 0.5) is 0 Å². The van der Waals surface area contributed by atoms with E-state index in [1.807, 2.05) is 6.07 Å². The Hall–Kier alpha value is -2.53. The minimum absolute atomic E-state index is 0.0917. The zero-order valence-corrected chi connectivity index (χ0v) is 15.4. The van der Waals surface area contributed by atoms with Crippen molar-refractivity contribution in [3.63, 3.8) is 0 Å². The number of rotatable bonds is 6. The SMILES string of the molecule is COc1ccc(C(=O)NC2CCN(Cc3ccccc3)CC2)c(OC)c1. The zero-order valence-electron chi connectivity index (χ0n) is 15.4. The molecule has 1 amide bonds. The fraction of sp³-hybridized carbons (Fsp3) is 0.381. The maximum absolute atomic E-state index is 12.6. The van der Waals surface area contributed by atoms with Gasteiger partial charge < -0.3 is 14.8 Å². The molecule has 0 radical (unpaired) electrons. The van der Waals surface area contributed by atoms with Crippen molar-refractivity contribution in [2.24, 2.45) is 0 Å². The van der Waals surface area contributed by atoms with Crippen molar-refractivity contribution < 1.29 is 14.3 Å². The standard InChI is InChI=1S/C21H26N2O3/c1-25-18-8-9-19(20(14-18)26-2)21(24)22-17-10-12-23(13-11-17)15-16-6-4-3-5-7-16/h3-9,14,17H,10-13,15H2,1-2H3,(H,22,24). The van der Waals surface area contributed by atoms with Crippen LogP contribution >= 0.6 is 0 Å². The van der Waals surface area contributed by atoms with Crippen molar-refractivity contribution >= 4 is 5.91 Å². The van der Waals surface area contributed by atoms with Crippen LogP contribution in [-0.4, -0.2) is 44.2 Å². The van der Waals surface area contributed by atoms with Gasteiger partial charge in [0.1, 0.15) is 11.5 Å². The molecular weight excluding hydrogens is 328 g/mol. The van der Waals surface area contributed by atoms with E-state index in [0.29, 0.717) is 17.1 Å². The first-order valence-electron chi connectivity index (χ1n) is 8.98. The Balaban J connectivity index is 1.53. The average Bonchev–Trinajstić information content (AvgIpc) is 2.69. The Kier molecular flexibility index (Phi) is 6.12. The lowest BCUT2D eigenvalue weighted by molar-refractivity contribution is 0.0906. The first kappa shape index (κ1) is 18.3. The summed E-state index contributed by atoms with van der Waals surface area (Å²) in [6.45, 7) is 2.94. The first-order valence-corrected chi connectivity index (χ1v) is 8.98. The highest BCUT2D eigenvalue weighted by molar-refractivity contribution is 5.97. The molecule has 5 heteroatoms. The third kappa shape index (κ3) is 4.55. The number of nitrogens with zero attached hydrogens (tertiary/aromatic N) is 1. The van der Waals surface area contributed by atoms with Crippen LogP contribution in [0.3, 0.4) is 0 Å². The minimum Gasteiger partial charge on any atom is -0.497 e. The first-order chi connectivity index (χ1) is 12.7. The molecule has 1 saturated heterocycles. The van der Waals surface area contributed by atoms with Gasteiger partial charge in [0.15, 0.2) is 0 Å². The van der Waals surface area contributed by atoms with Crippen molar-refractivity contribution in [3.05, 3.63) is 59.7 Å². The normalized spacial score (nSPS) is 15.5. The number of piperidine rings is 1. The van der Waals surface area contributed by atoms with Gasteiger partial charge >= 0.3 is 0 Å². The number of ether oxygens (including phenoxy) is 2. The van der Waals surface area contributed by atoms with Crippen LogP contribution in [0, 0.1) is 0 Å². The predicted octanol–water partition coefficient (Wildman–Crippen LogP) is 3.10. The summed E-state index contributed by atoms with van der Waals surface area (Å²) in [5.74, 6) is 1.11. The summed E-state index contributed by atoms with van der Waals surface area (Å²) >= 11 is 0. The number of hydrogen-bond acceptors (Lipinski definition) is 4. The molecule has 138 valence electrons. The van der Waals surface area contributed by atoms with E-state index in [4.69, 9.17) is 9.47 Å². The Bertz CT molecular complexity index is 725. The number of nitrogens with one attached hydrogen (secondary N) is 1. The van der Waals surface area contributed by atoms with Crippen molar-refractivity contribution in [2.75, 3.05) is 27.3 Å². The van der Waals surface area contributed by atoms with Crippen LogP contribution in [0.5, 0.6) is 11.5 Å². The summed E-state index contributed by atoms with van der Waals surface area (Å²) in [6.07, 6.45) is 1.91. The fourth-order valence-corrected chi connectivity index (χ4v) is 3.33. The summed E-state index contributed by atoms with van der Waals surface area (Å²) in [4.78, 5) is 15.1. The van der Waals surface area contributed by atoms with E-state index in [-0.39, 0.29) is 11.9 Å². The van der Waals surface area contributed by atoms with Gasteiger partial charge in [-0.2, -0.15) is 0 Å². The van der Waals surface area contributed by atoms with Gasteiger partial charge in [-0.05, 0) is 30.5 Å². The molecule has 1 aliphatic heterocycles. The second kappa shape index (κ2) is 8.72. The molecule has 26 heavy (non-hydrogen) atoms. The van der Waals surface area contributed by atoms with Gasteiger partial charge in [0.05, 0.1) is 19.8 Å². The number of carbonyl (C=O) groups is 1. The lowest BCUT2D eigenvalue weighted by Crippen LogP contribution is -2.44. The molecule has 3 rings (SSSR count). The van der Waals surface area contributed by atoms with Crippen LogP contribution in [-0.2, 0) is 6.54 Å². The highest BCUT2D eigenvalue weighted by Crippen LogP contribution is 2.25. The second-order valence-electron chi connectivity index (χ2n) is 6.58. The van der Waals surface area contributed by atoms with Crippen LogP contribution in [0.25, 0.3) is 0 Å². The van der Waals surface area contributed by atoms with E-state index in [0.717, 1.165) is 32.5 Å². The Morgan fingerprint density at radius 1 is 1.08 bits per heavy atom. The third-order valence-corrected chi connectivity index (χ3v) is 4.83. The van der Waals surface area contributed by atoms with Crippen LogP contribution < -0.4 is 14.8 Å². The van der Waals surface area contributed by atoms with Crippen LogP contribution in [0.2, 0.25) is 0 Å². The smallest absolute Gasteiger partial charge is 0.255 e. The molecule has 2 aromatic carbocycles. The highest BCUT2D eigenvalue weighted by Gasteiger charge is 2.22. The lowest BCUT2D eigenvalue weighted by Gasteiger charge is -2.32. The van der Waals surface area contributed by atoms with Crippen molar-refractivity contribution in [3.8, 4) is 11.5 Å². The van der Waals surface area contributed by atoms with Crippen molar-refractivity contribution in [1.29, 1.82) is 0 Å². The third-order valence-electron chi connectivity index (χ3n) is 4.83. The molecular formula is C21H26N2O3. The van der Waals surface area contributed by atoms with E-state index < -0.39 is 0 Å². The zero-order chi connectivity index (χ0) is 18.4. The van der Waals surface area contributed by atoms with Gasteiger partial charge in [-0.15, -0.1) is 0 Å². The average molecular weight is 354 g/mol.